The van der Waals surface area contributed by atoms with Gasteiger partial charge in [-0.25, -0.2) is 4.98 Å². The van der Waals surface area contributed by atoms with Crippen molar-refractivity contribution < 1.29 is 27.8 Å². The zero-order valence-corrected chi connectivity index (χ0v) is 16.2. The van der Waals surface area contributed by atoms with E-state index in [0.29, 0.717) is 17.7 Å². The van der Waals surface area contributed by atoms with E-state index in [9.17, 15) is 13.6 Å². The first-order chi connectivity index (χ1) is 14.6. The molecule has 0 aliphatic carbocycles. The van der Waals surface area contributed by atoms with Crippen molar-refractivity contribution in [2.24, 2.45) is 0 Å². The van der Waals surface area contributed by atoms with Gasteiger partial charge >= 0.3 is 6.61 Å². The number of rotatable bonds is 9. The standard InChI is InChI=1S/C22H20F2N2O4/c1-28-18-10-9-15(14-19(18)30-22(23)24)11-13-25-20(27)17-8-5-12-26-21(17)29-16-6-3-2-4-7-16/h2-10,12,14,22H,11,13H2,1H3,(H,25,27). The van der Waals surface area contributed by atoms with Gasteiger partial charge in [-0.1, -0.05) is 24.3 Å². The molecule has 1 amide bonds. The number of carbonyl (C=O) groups excluding carboxylic acids is 1. The summed E-state index contributed by atoms with van der Waals surface area (Å²) in [5, 5.41) is 2.78. The lowest BCUT2D eigenvalue weighted by molar-refractivity contribution is -0.0512. The molecular weight excluding hydrogens is 394 g/mol. The number of aromatic nitrogens is 1. The van der Waals surface area contributed by atoms with E-state index in [2.05, 4.69) is 15.0 Å². The van der Waals surface area contributed by atoms with Crippen molar-refractivity contribution >= 4 is 5.91 Å². The van der Waals surface area contributed by atoms with Crippen LogP contribution in [0.25, 0.3) is 0 Å². The van der Waals surface area contributed by atoms with Crippen LogP contribution >= 0.6 is 0 Å². The Morgan fingerprint density at radius 1 is 1.07 bits per heavy atom. The third kappa shape index (κ3) is 5.66. The molecule has 0 fully saturated rings. The fourth-order valence-corrected chi connectivity index (χ4v) is 2.73. The molecule has 0 bridgehead atoms. The lowest BCUT2D eigenvalue weighted by atomic mass is 10.1. The minimum atomic E-state index is -2.96. The van der Waals surface area contributed by atoms with E-state index in [-0.39, 0.29) is 35.4 Å². The normalized spacial score (nSPS) is 10.5. The van der Waals surface area contributed by atoms with Crippen LogP contribution in [0.3, 0.4) is 0 Å². The molecule has 0 saturated carbocycles. The third-order valence-electron chi connectivity index (χ3n) is 4.12. The molecule has 1 heterocycles. The molecule has 3 aromatic rings. The maximum atomic E-state index is 12.6. The Balaban J connectivity index is 1.63. The number of nitrogens with one attached hydrogen (secondary N) is 1. The van der Waals surface area contributed by atoms with Crippen molar-refractivity contribution in [1.82, 2.24) is 10.3 Å². The molecule has 6 nitrogen and oxygen atoms in total. The van der Waals surface area contributed by atoms with Gasteiger partial charge in [0, 0.05) is 12.7 Å². The second-order valence-corrected chi connectivity index (χ2v) is 6.14. The predicted octanol–water partition coefficient (Wildman–Crippen LogP) is 4.46. The van der Waals surface area contributed by atoms with Gasteiger partial charge in [0.2, 0.25) is 5.88 Å². The molecule has 30 heavy (non-hydrogen) atoms. The summed E-state index contributed by atoms with van der Waals surface area (Å²) in [6.45, 7) is -2.68. The number of nitrogens with zero attached hydrogens (tertiary/aromatic N) is 1. The predicted molar refractivity (Wildman–Crippen MR) is 106 cm³/mol. The van der Waals surface area contributed by atoms with Crippen LogP contribution in [0, 0.1) is 0 Å². The number of benzene rings is 2. The topological polar surface area (TPSA) is 69.7 Å². The number of methoxy groups -OCH3 is 1. The lowest BCUT2D eigenvalue weighted by Crippen LogP contribution is -2.26. The van der Waals surface area contributed by atoms with Crippen LogP contribution in [0.2, 0.25) is 0 Å². The lowest BCUT2D eigenvalue weighted by Gasteiger charge is -2.12. The number of ether oxygens (including phenoxy) is 3. The molecule has 3 rings (SSSR count). The highest BCUT2D eigenvalue weighted by atomic mass is 19.3. The molecule has 0 spiro atoms. The van der Waals surface area contributed by atoms with Gasteiger partial charge in [-0.2, -0.15) is 8.78 Å². The number of hydrogen-bond donors (Lipinski definition) is 1. The van der Waals surface area contributed by atoms with Gasteiger partial charge in [-0.3, -0.25) is 4.79 Å². The Morgan fingerprint density at radius 2 is 1.87 bits per heavy atom. The number of alkyl halides is 2. The molecule has 0 saturated heterocycles. The molecule has 1 N–H and O–H groups in total. The zero-order chi connectivity index (χ0) is 21.3. The monoisotopic (exact) mass is 414 g/mol. The molecular formula is C22H20F2N2O4. The largest absolute Gasteiger partial charge is 0.493 e. The summed E-state index contributed by atoms with van der Waals surface area (Å²) in [6, 6.07) is 17.0. The van der Waals surface area contributed by atoms with Gasteiger partial charge in [0.1, 0.15) is 11.3 Å². The average molecular weight is 414 g/mol. The number of para-hydroxylation sites is 1. The highest BCUT2D eigenvalue weighted by Crippen LogP contribution is 2.29. The van der Waals surface area contributed by atoms with E-state index in [1.54, 1.807) is 36.4 Å². The summed E-state index contributed by atoms with van der Waals surface area (Å²) < 4.78 is 40.3. The van der Waals surface area contributed by atoms with Crippen molar-refractivity contribution in [2.45, 2.75) is 13.0 Å². The SMILES string of the molecule is COc1ccc(CCNC(=O)c2cccnc2Oc2ccccc2)cc1OC(F)F. The summed E-state index contributed by atoms with van der Waals surface area (Å²) in [7, 11) is 1.37. The van der Waals surface area contributed by atoms with Gasteiger partial charge < -0.3 is 19.5 Å². The highest BCUT2D eigenvalue weighted by Gasteiger charge is 2.15. The molecule has 0 radical (unpaired) electrons. The zero-order valence-electron chi connectivity index (χ0n) is 16.2. The molecule has 1 aromatic heterocycles. The van der Waals surface area contributed by atoms with Crippen molar-refractivity contribution in [1.29, 1.82) is 0 Å². The summed E-state index contributed by atoms with van der Waals surface area (Å²) >= 11 is 0. The fraction of sp³-hybridized carbons (Fsp3) is 0.182. The summed E-state index contributed by atoms with van der Waals surface area (Å²) in [4.78, 5) is 16.7. The molecule has 8 heteroatoms. The Labute approximate surface area is 172 Å². The van der Waals surface area contributed by atoms with E-state index < -0.39 is 6.61 Å². The van der Waals surface area contributed by atoms with Crippen molar-refractivity contribution in [3.8, 4) is 23.1 Å². The van der Waals surface area contributed by atoms with E-state index in [1.165, 1.54) is 19.4 Å². The summed E-state index contributed by atoms with van der Waals surface area (Å²) in [5.74, 6) is 0.559. The first kappa shape index (κ1) is 21.0. The van der Waals surface area contributed by atoms with Gasteiger partial charge in [-0.15, -0.1) is 0 Å². The third-order valence-corrected chi connectivity index (χ3v) is 4.12. The summed E-state index contributed by atoms with van der Waals surface area (Å²) in [6.07, 6.45) is 1.95. The van der Waals surface area contributed by atoms with Crippen LogP contribution in [0.15, 0.2) is 66.9 Å². The highest BCUT2D eigenvalue weighted by molar-refractivity contribution is 5.96. The van der Waals surface area contributed by atoms with Crippen LogP contribution in [0.1, 0.15) is 15.9 Å². The van der Waals surface area contributed by atoms with Crippen LogP contribution < -0.4 is 19.5 Å². The number of carbonyl (C=O) groups is 1. The quantitative estimate of drug-likeness (QED) is 0.560. The first-order valence-corrected chi connectivity index (χ1v) is 9.14. The number of hydrogen-bond acceptors (Lipinski definition) is 5. The van der Waals surface area contributed by atoms with Gasteiger partial charge in [0.15, 0.2) is 11.5 Å². The van der Waals surface area contributed by atoms with Gasteiger partial charge in [0.25, 0.3) is 5.91 Å². The summed E-state index contributed by atoms with van der Waals surface area (Å²) in [5.41, 5.74) is 0.997. The number of halogens is 2. The second-order valence-electron chi connectivity index (χ2n) is 6.14. The van der Waals surface area contributed by atoms with Crippen LogP contribution in [-0.2, 0) is 6.42 Å². The maximum Gasteiger partial charge on any atom is 0.387 e. The van der Waals surface area contributed by atoms with Gasteiger partial charge in [-0.05, 0) is 48.4 Å². The Morgan fingerprint density at radius 3 is 2.60 bits per heavy atom. The van der Waals surface area contributed by atoms with Crippen molar-refractivity contribution in [2.75, 3.05) is 13.7 Å². The smallest absolute Gasteiger partial charge is 0.387 e. The van der Waals surface area contributed by atoms with Gasteiger partial charge in [0.05, 0.1) is 7.11 Å². The minimum absolute atomic E-state index is 0.0536. The van der Waals surface area contributed by atoms with E-state index >= 15 is 0 Å². The molecule has 0 unspecified atom stereocenters. The average Bonchev–Trinajstić information content (AvgIpc) is 2.74. The first-order valence-electron chi connectivity index (χ1n) is 9.14. The molecule has 156 valence electrons. The molecule has 0 aliphatic rings. The second kappa shape index (κ2) is 10.2. The fourth-order valence-electron chi connectivity index (χ4n) is 2.73. The molecule has 0 aliphatic heterocycles. The van der Waals surface area contributed by atoms with E-state index in [0.717, 1.165) is 0 Å². The Bertz CT molecular complexity index is 984. The van der Waals surface area contributed by atoms with Crippen molar-refractivity contribution in [3.05, 3.63) is 78.0 Å². The van der Waals surface area contributed by atoms with Crippen LogP contribution in [0.5, 0.6) is 23.1 Å². The maximum absolute atomic E-state index is 12.6. The molecule has 0 atom stereocenters. The van der Waals surface area contributed by atoms with E-state index in [4.69, 9.17) is 9.47 Å². The van der Waals surface area contributed by atoms with Crippen LogP contribution in [-0.4, -0.2) is 31.2 Å². The number of amides is 1. The van der Waals surface area contributed by atoms with E-state index in [1.807, 2.05) is 18.2 Å². The number of pyridine rings is 1. The Kier molecular flexibility index (Phi) is 7.15. The Hall–Kier alpha value is -3.68. The molecule has 2 aromatic carbocycles. The van der Waals surface area contributed by atoms with Crippen LogP contribution in [0.4, 0.5) is 8.78 Å². The van der Waals surface area contributed by atoms with Crippen molar-refractivity contribution in [3.63, 3.8) is 0 Å². The minimum Gasteiger partial charge on any atom is -0.493 e.